The van der Waals surface area contributed by atoms with Gasteiger partial charge in [0.15, 0.2) is 0 Å². The molecular weight excluding hydrogens is 303 g/mol. The van der Waals surface area contributed by atoms with Gasteiger partial charge in [0.1, 0.15) is 0 Å². The summed E-state index contributed by atoms with van der Waals surface area (Å²) in [6.45, 7) is 4.46. The molecule has 0 aromatic carbocycles. The number of halogens is 1. The highest BCUT2D eigenvalue weighted by atomic mass is 127. The summed E-state index contributed by atoms with van der Waals surface area (Å²) in [4.78, 5) is 0. The van der Waals surface area contributed by atoms with Crippen LogP contribution < -0.4 is 0 Å². The van der Waals surface area contributed by atoms with Gasteiger partial charge in [-0.15, -0.1) is 0 Å². The molecule has 0 amide bonds. The average molecular weight is 318 g/mol. The van der Waals surface area contributed by atoms with Crippen LogP contribution in [0.25, 0.3) is 0 Å². The van der Waals surface area contributed by atoms with Crippen molar-refractivity contribution in [3.05, 3.63) is 0 Å². The Balaban J connectivity index is 3.58. The summed E-state index contributed by atoms with van der Waals surface area (Å²) < 4.78 is 6.80. The van der Waals surface area contributed by atoms with Crippen LogP contribution in [0.5, 0.6) is 0 Å². The first-order chi connectivity index (χ1) is 5.60. The molecule has 0 aromatic rings. The minimum atomic E-state index is 0.571. The van der Waals surface area contributed by atoms with E-state index < -0.39 is 0 Å². The number of thiocarbonyl (C=S) groups is 1. The third-order valence-electron chi connectivity index (χ3n) is 1.46. The van der Waals surface area contributed by atoms with E-state index in [0.29, 0.717) is 9.63 Å². The SMILES string of the molecule is COC(=S)SC(C)CC(C)CI. The summed E-state index contributed by atoms with van der Waals surface area (Å²) in [6.07, 6.45) is 1.21. The number of thioether (sulfide) groups is 1. The Labute approximate surface area is 98.2 Å². The number of hydrogen-bond donors (Lipinski definition) is 0. The molecular formula is C8H15IOS2. The number of ether oxygens (including phenoxy) is 1. The van der Waals surface area contributed by atoms with E-state index in [1.807, 2.05) is 0 Å². The van der Waals surface area contributed by atoms with Gasteiger partial charge in [0.25, 0.3) is 0 Å². The molecule has 0 aliphatic heterocycles. The molecule has 0 aliphatic carbocycles. The first kappa shape index (κ1) is 13.0. The second-order valence-corrected chi connectivity index (χ2v) is 5.80. The van der Waals surface area contributed by atoms with Gasteiger partial charge in [0.2, 0.25) is 4.38 Å². The lowest BCUT2D eigenvalue weighted by molar-refractivity contribution is 0.426. The van der Waals surface area contributed by atoms with E-state index in [1.54, 1.807) is 18.9 Å². The topological polar surface area (TPSA) is 9.23 Å². The maximum atomic E-state index is 4.96. The van der Waals surface area contributed by atoms with Gasteiger partial charge in [0, 0.05) is 9.68 Å². The lowest BCUT2D eigenvalue weighted by atomic mass is 10.1. The molecule has 0 heterocycles. The van der Waals surface area contributed by atoms with Crippen molar-refractivity contribution in [2.75, 3.05) is 11.5 Å². The molecule has 2 atom stereocenters. The summed E-state index contributed by atoms with van der Waals surface area (Å²) in [5.74, 6) is 0.771. The van der Waals surface area contributed by atoms with Crippen molar-refractivity contribution in [3.8, 4) is 0 Å². The zero-order valence-corrected chi connectivity index (χ0v) is 11.5. The molecule has 72 valence electrons. The van der Waals surface area contributed by atoms with Crippen molar-refractivity contribution in [3.63, 3.8) is 0 Å². The zero-order chi connectivity index (χ0) is 9.56. The Morgan fingerprint density at radius 3 is 2.58 bits per heavy atom. The molecule has 0 saturated heterocycles. The second-order valence-electron chi connectivity index (χ2n) is 2.88. The normalized spacial score (nSPS) is 15.3. The fraction of sp³-hybridized carbons (Fsp3) is 0.875. The third-order valence-corrected chi connectivity index (χ3v) is 4.37. The van der Waals surface area contributed by atoms with Crippen molar-refractivity contribution in [1.82, 2.24) is 0 Å². The molecule has 0 radical (unpaired) electrons. The summed E-state index contributed by atoms with van der Waals surface area (Å²) in [5.41, 5.74) is 0. The number of alkyl halides is 1. The fourth-order valence-corrected chi connectivity index (χ4v) is 2.59. The van der Waals surface area contributed by atoms with Crippen LogP contribution in [0, 0.1) is 5.92 Å². The van der Waals surface area contributed by atoms with E-state index in [2.05, 4.69) is 36.4 Å². The molecule has 0 N–H and O–H groups in total. The molecule has 0 rings (SSSR count). The van der Waals surface area contributed by atoms with Gasteiger partial charge in [-0.1, -0.05) is 48.2 Å². The van der Waals surface area contributed by atoms with E-state index in [0.717, 1.165) is 5.92 Å². The Kier molecular flexibility index (Phi) is 7.98. The van der Waals surface area contributed by atoms with Crippen LogP contribution in [-0.2, 0) is 4.74 Å². The highest BCUT2D eigenvalue weighted by Crippen LogP contribution is 2.21. The van der Waals surface area contributed by atoms with Crippen molar-refractivity contribution < 1.29 is 4.74 Å². The summed E-state index contributed by atoms with van der Waals surface area (Å²) in [5, 5.41) is 0.571. The van der Waals surface area contributed by atoms with Gasteiger partial charge in [-0.05, 0) is 24.6 Å². The zero-order valence-electron chi connectivity index (χ0n) is 7.67. The van der Waals surface area contributed by atoms with Crippen LogP contribution in [0.2, 0.25) is 0 Å². The standard InChI is InChI=1S/C8H15IOS2/c1-6(5-9)4-7(2)12-8(11)10-3/h6-7H,4-5H2,1-3H3. The highest BCUT2D eigenvalue weighted by Gasteiger charge is 2.10. The minimum Gasteiger partial charge on any atom is -0.482 e. The molecule has 0 bridgehead atoms. The smallest absolute Gasteiger partial charge is 0.219 e. The van der Waals surface area contributed by atoms with Gasteiger partial charge in [-0.25, -0.2) is 0 Å². The monoisotopic (exact) mass is 318 g/mol. The molecule has 0 spiro atoms. The lowest BCUT2D eigenvalue weighted by Crippen LogP contribution is -2.08. The van der Waals surface area contributed by atoms with Crippen molar-refractivity contribution in [2.45, 2.75) is 25.5 Å². The molecule has 1 nitrogen and oxygen atoms in total. The van der Waals surface area contributed by atoms with Crippen LogP contribution in [0.15, 0.2) is 0 Å². The average Bonchev–Trinajstić information content (AvgIpc) is 2.03. The summed E-state index contributed by atoms with van der Waals surface area (Å²) in [7, 11) is 1.63. The molecule has 0 aliphatic rings. The predicted octanol–water partition coefficient (Wildman–Crippen LogP) is 3.50. The summed E-state index contributed by atoms with van der Waals surface area (Å²) >= 11 is 9.03. The molecule has 12 heavy (non-hydrogen) atoms. The Bertz CT molecular complexity index is 141. The molecule has 0 aromatic heterocycles. The van der Waals surface area contributed by atoms with Crippen molar-refractivity contribution >= 4 is 51.0 Å². The number of methoxy groups -OCH3 is 1. The number of rotatable bonds is 4. The van der Waals surface area contributed by atoms with Crippen LogP contribution in [0.4, 0.5) is 0 Å². The Morgan fingerprint density at radius 1 is 1.58 bits per heavy atom. The van der Waals surface area contributed by atoms with Gasteiger partial charge < -0.3 is 4.74 Å². The molecule has 0 saturated carbocycles. The highest BCUT2D eigenvalue weighted by molar-refractivity contribution is 14.1. The van der Waals surface area contributed by atoms with E-state index >= 15 is 0 Å². The molecule has 4 heteroatoms. The van der Waals surface area contributed by atoms with Crippen LogP contribution >= 0.6 is 46.6 Å². The maximum absolute atomic E-state index is 4.96. The van der Waals surface area contributed by atoms with Gasteiger partial charge >= 0.3 is 0 Å². The molecule has 2 unspecified atom stereocenters. The van der Waals surface area contributed by atoms with Crippen molar-refractivity contribution in [2.24, 2.45) is 5.92 Å². The third kappa shape index (κ3) is 6.48. The summed E-state index contributed by atoms with van der Waals surface area (Å²) in [6, 6.07) is 0. The largest absolute Gasteiger partial charge is 0.482 e. The van der Waals surface area contributed by atoms with Crippen LogP contribution in [-0.4, -0.2) is 21.2 Å². The first-order valence-electron chi connectivity index (χ1n) is 3.90. The van der Waals surface area contributed by atoms with Gasteiger partial charge in [-0.2, -0.15) is 0 Å². The maximum Gasteiger partial charge on any atom is 0.219 e. The van der Waals surface area contributed by atoms with Crippen LogP contribution in [0.1, 0.15) is 20.3 Å². The quantitative estimate of drug-likeness (QED) is 0.446. The minimum absolute atomic E-state index is 0.571. The lowest BCUT2D eigenvalue weighted by Gasteiger charge is -2.14. The second kappa shape index (κ2) is 7.38. The Morgan fingerprint density at radius 2 is 2.17 bits per heavy atom. The number of hydrogen-bond acceptors (Lipinski definition) is 3. The van der Waals surface area contributed by atoms with Crippen LogP contribution in [0.3, 0.4) is 0 Å². The van der Waals surface area contributed by atoms with Gasteiger partial charge in [0.05, 0.1) is 7.11 Å². The van der Waals surface area contributed by atoms with Gasteiger partial charge in [-0.3, -0.25) is 0 Å². The van der Waals surface area contributed by atoms with E-state index in [-0.39, 0.29) is 0 Å². The fourth-order valence-electron chi connectivity index (χ4n) is 0.890. The predicted molar refractivity (Wildman–Crippen MR) is 69.3 cm³/mol. The van der Waals surface area contributed by atoms with E-state index in [1.165, 1.54) is 10.8 Å². The first-order valence-corrected chi connectivity index (χ1v) is 6.72. The Hall–Kier alpha value is 0.970. The van der Waals surface area contributed by atoms with E-state index in [9.17, 15) is 0 Å². The van der Waals surface area contributed by atoms with E-state index in [4.69, 9.17) is 17.0 Å². The van der Waals surface area contributed by atoms with Crippen molar-refractivity contribution in [1.29, 1.82) is 0 Å². The molecule has 0 fully saturated rings.